The smallest absolute Gasteiger partial charge is 0.220 e. The molecule has 1 heterocycles. The Hall–Kier alpha value is -3.51. The highest BCUT2D eigenvalue weighted by atomic mass is 32.2. The summed E-state index contributed by atoms with van der Waals surface area (Å²) in [6.45, 7) is 3.93. The monoisotopic (exact) mass is 438 g/mol. The Morgan fingerprint density at radius 3 is 2.65 bits per heavy atom. The van der Waals surface area contributed by atoms with Crippen LogP contribution in [0.2, 0.25) is 0 Å². The molecule has 0 amide bonds. The van der Waals surface area contributed by atoms with Crippen molar-refractivity contribution in [1.82, 2.24) is 14.8 Å². The highest BCUT2D eigenvalue weighted by Gasteiger charge is 2.25. The van der Waals surface area contributed by atoms with E-state index in [-0.39, 0.29) is 18.1 Å². The first kappa shape index (κ1) is 22.2. The molecule has 1 aromatic heterocycles. The number of para-hydroxylation sites is 1. The largest absolute Gasteiger partial charge is 0.490 e. The summed E-state index contributed by atoms with van der Waals surface area (Å²) in [4.78, 5) is 11.1. The number of nitrogens with zero attached hydrogens (tertiary/aromatic N) is 4. The normalized spacial score (nSPS) is 11.5. The van der Waals surface area contributed by atoms with Gasteiger partial charge in [0, 0.05) is 10.6 Å². The molecular formula is C22H22N4O4S. The number of thioether (sulfide) groups is 1. The zero-order valence-electron chi connectivity index (χ0n) is 17.2. The van der Waals surface area contributed by atoms with Crippen LogP contribution < -0.4 is 9.47 Å². The summed E-state index contributed by atoms with van der Waals surface area (Å²) in [6, 6.07) is 14.9. The SMILES string of the molecule is C#CCOc1ccc([C@@H](C[N+](=O)[O-])Sc2nnc(C)n2-c2ccccc2)cc1OCC. The summed E-state index contributed by atoms with van der Waals surface area (Å²) in [5, 5.41) is 19.9. The average molecular weight is 439 g/mol. The van der Waals surface area contributed by atoms with E-state index < -0.39 is 5.25 Å². The zero-order valence-corrected chi connectivity index (χ0v) is 18.0. The van der Waals surface area contributed by atoms with Crippen molar-refractivity contribution in [3.8, 4) is 29.5 Å². The molecule has 0 radical (unpaired) electrons. The fourth-order valence-corrected chi connectivity index (χ4v) is 4.16. The van der Waals surface area contributed by atoms with E-state index in [2.05, 4.69) is 16.1 Å². The predicted octanol–water partition coefficient (Wildman–Crippen LogP) is 4.10. The third-order valence-electron chi connectivity index (χ3n) is 4.32. The molecule has 0 aliphatic carbocycles. The van der Waals surface area contributed by atoms with Gasteiger partial charge in [-0.1, -0.05) is 41.9 Å². The van der Waals surface area contributed by atoms with Gasteiger partial charge < -0.3 is 9.47 Å². The molecule has 8 nitrogen and oxygen atoms in total. The number of terminal acetylenes is 1. The number of ether oxygens (including phenoxy) is 2. The second-order valence-electron chi connectivity index (χ2n) is 6.45. The molecule has 9 heteroatoms. The van der Waals surface area contributed by atoms with Crippen molar-refractivity contribution in [1.29, 1.82) is 0 Å². The number of nitro groups is 1. The third-order valence-corrected chi connectivity index (χ3v) is 5.50. The number of benzene rings is 2. The molecule has 3 aromatic rings. The van der Waals surface area contributed by atoms with Crippen molar-refractivity contribution in [2.24, 2.45) is 0 Å². The molecule has 0 saturated heterocycles. The number of hydrogen-bond acceptors (Lipinski definition) is 7. The maximum absolute atomic E-state index is 11.4. The van der Waals surface area contributed by atoms with E-state index in [1.165, 1.54) is 11.8 Å². The van der Waals surface area contributed by atoms with Crippen LogP contribution in [-0.2, 0) is 0 Å². The van der Waals surface area contributed by atoms with Crippen molar-refractivity contribution in [2.75, 3.05) is 19.8 Å². The Kier molecular flexibility index (Phi) is 7.51. The van der Waals surface area contributed by atoms with Gasteiger partial charge in [0.1, 0.15) is 17.7 Å². The van der Waals surface area contributed by atoms with Gasteiger partial charge in [-0.3, -0.25) is 14.7 Å². The second-order valence-corrected chi connectivity index (χ2v) is 7.62. The highest BCUT2D eigenvalue weighted by molar-refractivity contribution is 7.99. The van der Waals surface area contributed by atoms with Gasteiger partial charge in [0.25, 0.3) is 0 Å². The van der Waals surface area contributed by atoms with Gasteiger partial charge in [-0.25, -0.2) is 0 Å². The van der Waals surface area contributed by atoms with E-state index in [4.69, 9.17) is 15.9 Å². The van der Waals surface area contributed by atoms with Crippen molar-refractivity contribution in [3.05, 3.63) is 70.0 Å². The lowest BCUT2D eigenvalue weighted by Crippen LogP contribution is -2.11. The Balaban J connectivity index is 1.96. The molecule has 0 N–H and O–H groups in total. The quantitative estimate of drug-likeness (QED) is 0.204. The number of aromatic nitrogens is 3. The van der Waals surface area contributed by atoms with Crippen molar-refractivity contribution in [3.63, 3.8) is 0 Å². The molecule has 0 aliphatic rings. The summed E-state index contributed by atoms with van der Waals surface area (Å²) in [5.41, 5.74) is 1.61. The maximum Gasteiger partial charge on any atom is 0.220 e. The van der Waals surface area contributed by atoms with Crippen molar-refractivity contribution >= 4 is 11.8 Å². The molecule has 2 aromatic carbocycles. The van der Waals surface area contributed by atoms with E-state index in [9.17, 15) is 10.1 Å². The Morgan fingerprint density at radius 1 is 1.19 bits per heavy atom. The van der Waals surface area contributed by atoms with Crippen molar-refractivity contribution < 1.29 is 14.4 Å². The van der Waals surface area contributed by atoms with E-state index in [1.54, 1.807) is 18.2 Å². The summed E-state index contributed by atoms with van der Waals surface area (Å²) < 4.78 is 13.1. The molecule has 0 aliphatic heterocycles. The van der Waals surface area contributed by atoms with Crippen LogP contribution in [-0.4, -0.2) is 39.4 Å². The summed E-state index contributed by atoms with van der Waals surface area (Å²) in [7, 11) is 0. The first-order valence-corrected chi connectivity index (χ1v) is 10.5. The van der Waals surface area contributed by atoms with Crippen LogP contribution in [0.5, 0.6) is 11.5 Å². The molecule has 160 valence electrons. The number of rotatable bonds is 10. The molecule has 0 bridgehead atoms. The summed E-state index contributed by atoms with van der Waals surface area (Å²) in [6.07, 6.45) is 5.27. The minimum Gasteiger partial charge on any atom is -0.490 e. The van der Waals surface area contributed by atoms with Crippen LogP contribution >= 0.6 is 11.8 Å². The number of hydrogen-bond donors (Lipinski definition) is 0. The lowest BCUT2D eigenvalue weighted by Gasteiger charge is -2.17. The molecule has 0 fully saturated rings. The van der Waals surface area contributed by atoms with Crippen LogP contribution in [0.25, 0.3) is 5.69 Å². The number of aryl methyl sites for hydroxylation is 1. The van der Waals surface area contributed by atoms with Crippen LogP contribution in [0.1, 0.15) is 23.6 Å². The van der Waals surface area contributed by atoms with Crippen LogP contribution in [0, 0.1) is 29.4 Å². The lowest BCUT2D eigenvalue weighted by molar-refractivity contribution is -0.479. The molecule has 0 spiro atoms. The van der Waals surface area contributed by atoms with Gasteiger partial charge in [0.15, 0.2) is 16.7 Å². The van der Waals surface area contributed by atoms with Gasteiger partial charge in [-0.15, -0.1) is 16.6 Å². The van der Waals surface area contributed by atoms with E-state index >= 15 is 0 Å². The standard InChI is InChI=1S/C22H22N4O4S/c1-4-13-30-19-12-11-17(14-20(19)29-5-2)21(15-25(27)28)31-22-24-23-16(3)26(22)18-9-7-6-8-10-18/h1,6-12,14,21H,5,13,15H2,2-3H3/t21-/m1/s1. The van der Waals surface area contributed by atoms with E-state index in [1.807, 2.05) is 48.7 Å². The summed E-state index contributed by atoms with van der Waals surface area (Å²) in [5.74, 6) is 4.10. The van der Waals surface area contributed by atoms with Gasteiger partial charge in [-0.05, 0) is 43.7 Å². The first-order chi connectivity index (χ1) is 15.0. The first-order valence-electron chi connectivity index (χ1n) is 9.62. The molecule has 0 unspecified atom stereocenters. The van der Waals surface area contributed by atoms with Gasteiger partial charge in [0.2, 0.25) is 6.54 Å². The van der Waals surface area contributed by atoms with Gasteiger partial charge in [-0.2, -0.15) is 0 Å². The van der Waals surface area contributed by atoms with Gasteiger partial charge in [0.05, 0.1) is 6.61 Å². The lowest BCUT2D eigenvalue weighted by atomic mass is 10.1. The average Bonchev–Trinajstić information content (AvgIpc) is 3.12. The molecular weight excluding hydrogens is 416 g/mol. The predicted molar refractivity (Wildman–Crippen MR) is 118 cm³/mol. The Bertz CT molecular complexity index is 1080. The van der Waals surface area contributed by atoms with Crippen LogP contribution in [0.4, 0.5) is 0 Å². The molecule has 0 saturated carbocycles. The van der Waals surface area contributed by atoms with Gasteiger partial charge >= 0.3 is 0 Å². The summed E-state index contributed by atoms with van der Waals surface area (Å²) >= 11 is 1.28. The fraction of sp³-hybridized carbons (Fsp3) is 0.273. The van der Waals surface area contributed by atoms with Crippen LogP contribution in [0.3, 0.4) is 0 Å². The van der Waals surface area contributed by atoms with Crippen LogP contribution in [0.15, 0.2) is 53.7 Å². The Morgan fingerprint density at radius 2 is 1.97 bits per heavy atom. The Labute approximate surface area is 184 Å². The topological polar surface area (TPSA) is 92.3 Å². The maximum atomic E-state index is 11.4. The fourth-order valence-electron chi connectivity index (χ4n) is 3.00. The minimum absolute atomic E-state index is 0.103. The second kappa shape index (κ2) is 10.5. The van der Waals surface area contributed by atoms with E-state index in [0.29, 0.717) is 29.1 Å². The zero-order chi connectivity index (χ0) is 22.2. The van der Waals surface area contributed by atoms with E-state index in [0.717, 1.165) is 11.3 Å². The molecule has 3 rings (SSSR count). The molecule has 1 atom stereocenters. The minimum atomic E-state index is -0.512. The highest BCUT2D eigenvalue weighted by Crippen LogP contribution is 2.39. The van der Waals surface area contributed by atoms with Crippen molar-refractivity contribution in [2.45, 2.75) is 24.3 Å². The third kappa shape index (κ3) is 5.55. The molecule has 31 heavy (non-hydrogen) atoms.